The second-order valence-electron chi connectivity index (χ2n) is 6.81. The van der Waals surface area contributed by atoms with Crippen molar-refractivity contribution < 1.29 is 27.5 Å². The Morgan fingerprint density at radius 1 is 1.34 bits per heavy atom. The Bertz CT molecular complexity index is 898. The van der Waals surface area contributed by atoms with Crippen LogP contribution >= 0.6 is 11.6 Å². The molecule has 0 aliphatic carbocycles. The maximum absolute atomic E-state index is 12.7. The Hall–Kier alpha value is -2.52. The van der Waals surface area contributed by atoms with Crippen LogP contribution in [-0.2, 0) is 11.0 Å². The van der Waals surface area contributed by atoms with E-state index in [0.29, 0.717) is 43.1 Å². The molecule has 1 aliphatic heterocycles. The number of aliphatic carboxylic acids is 1. The van der Waals surface area contributed by atoms with E-state index in [1.165, 1.54) is 12.3 Å². The number of rotatable bonds is 6. The minimum atomic E-state index is -4.47. The highest BCUT2D eigenvalue weighted by molar-refractivity contribution is 6.33. The second-order valence-corrected chi connectivity index (χ2v) is 7.22. The molecule has 1 fully saturated rings. The van der Waals surface area contributed by atoms with Crippen LogP contribution in [0.15, 0.2) is 39.9 Å². The first-order valence-electron chi connectivity index (χ1n) is 8.90. The summed E-state index contributed by atoms with van der Waals surface area (Å²) >= 11 is 5.97. The quantitative estimate of drug-likeness (QED) is 0.479. The third-order valence-electron chi connectivity index (χ3n) is 4.64. The lowest BCUT2D eigenvalue weighted by Gasteiger charge is -2.27. The molecule has 6 nitrogen and oxygen atoms in total. The summed E-state index contributed by atoms with van der Waals surface area (Å²) in [6.45, 7) is 1.69. The van der Waals surface area contributed by atoms with E-state index < -0.39 is 23.6 Å². The van der Waals surface area contributed by atoms with E-state index in [1.54, 1.807) is 12.1 Å². The summed E-state index contributed by atoms with van der Waals surface area (Å²) in [5.74, 6) is -0.351. The van der Waals surface area contributed by atoms with Gasteiger partial charge in [0.05, 0.1) is 22.7 Å². The summed E-state index contributed by atoms with van der Waals surface area (Å²) in [5, 5.41) is 16.2. The largest absolute Gasteiger partial charge is 0.481 e. The minimum absolute atomic E-state index is 0.0615. The van der Waals surface area contributed by atoms with Crippen LogP contribution in [0.5, 0.6) is 0 Å². The summed E-state index contributed by atoms with van der Waals surface area (Å²) in [4.78, 5) is 11.1. The Labute approximate surface area is 169 Å². The van der Waals surface area contributed by atoms with Crippen LogP contribution in [0, 0.1) is 11.8 Å². The smallest absolute Gasteiger partial charge is 0.416 e. The zero-order chi connectivity index (χ0) is 21.0. The molecule has 3 rings (SSSR count). The lowest BCUT2D eigenvalue weighted by Crippen LogP contribution is -2.42. The average molecular weight is 430 g/mol. The SMILES string of the molecule is O=C(O)[C@H]1CNC[C@@H](CN/N=C/c2ccc(-c3ccc(C(F)(F)F)cc3Cl)o2)C1. The van der Waals surface area contributed by atoms with Crippen LogP contribution in [0.2, 0.25) is 5.02 Å². The minimum Gasteiger partial charge on any atom is -0.481 e. The molecule has 0 spiro atoms. The molecule has 0 radical (unpaired) electrons. The fourth-order valence-corrected chi connectivity index (χ4v) is 3.40. The number of carboxylic acid groups (broad SMARTS) is 1. The molecule has 1 aliphatic rings. The molecule has 10 heteroatoms. The van der Waals surface area contributed by atoms with Gasteiger partial charge in [-0.1, -0.05) is 11.6 Å². The van der Waals surface area contributed by atoms with Crippen molar-refractivity contribution in [2.24, 2.45) is 16.9 Å². The van der Waals surface area contributed by atoms with Crippen molar-refractivity contribution in [3.05, 3.63) is 46.7 Å². The summed E-state index contributed by atoms with van der Waals surface area (Å²) in [7, 11) is 0. The van der Waals surface area contributed by atoms with E-state index in [1.807, 2.05) is 0 Å². The van der Waals surface area contributed by atoms with Crippen molar-refractivity contribution in [2.75, 3.05) is 19.6 Å². The normalized spacial score (nSPS) is 20.1. The molecule has 29 heavy (non-hydrogen) atoms. The van der Waals surface area contributed by atoms with Crippen LogP contribution in [-0.4, -0.2) is 36.9 Å². The van der Waals surface area contributed by atoms with Gasteiger partial charge in [-0.2, -0.15) is 18.3 Å². The first-order chi connectivity index (χ1) is 13.7. The molecule has 1 saturated heterocycles. The number of piperidine rings is 1. The van der Waals surface area contributed by atoms with Crippen LogP contribution in [0.4, 0.5) is 13.2 Å². The van der Waals surface area contributed by atoms with Gasteiger partial charge in [0.1, 0.15) is 11.5 Å². The van der Waals surface area contributed by atoms with Gasteiger partial charge < -0.3 is 20.3 Å². The first kappa shape index (κ1) is 21.2. The van der Waals surface area contributed by atoms with Crippen molar-refractivity contribution in [1.82, 2.24) is 10.7 Å². The standard InChI is InChI=1S/C19H19ClF3N3O3/c20-16-6-13(19(21,22)23)1-3-15(16)17-4-2-14(29-17)10-26-25-8-11-5-12(18(27)28)9-24-7-11/h1-4,6,10-12,24-25H,5,7-9H2,(H,27,28)/b26-10+/t11-,12+/m0/s1. The van der Waals surface area contributed by atoms with Gasteiger partial charge in [0.15, 0.2) is 0 Å². The van der Waals surface area contributed by atoms with Crippen LogP contribution in [0.3, 0.4) is 0 Å². The van der Waals surface area contributed by atoms with Crippen molar-refractivity contribution in [1.29, 1.82) is 0 Å². The van der Waals surface area contributed by atoms with Crippen LogP contribution in [0.25, 0.3) is 11.3 Å². The van der Waals surface area contributed by atoms with Crippen molar-refractivity contribution in [2.45, 2.75) is 12.6 Å². The average Bonchev–Trinajstić information content (AvgIpc) is 3.13. The monoisotopic (exact) mass is 429 g/mol. The van der Waals surface area contributed by atoms with Gasteiger partial charge in [0, 0.05) is 18.7 Å². The number of hydrogen-bond donors (Lipinski definition) is 3. The molecule has 0 bridgehead atoms. The summed E-state index contributed by atoms with van der Waals surface area (Å²) < 4.78 is 43.8. The van der Waals surface area contributed by atoms with E-state index in [4.69, 9.17) is 21.1 Å². The Kier molecular flexibility index (Phi) is 6.49. The van der Waals surface area contributed by atoms with Crippen LogP contribution in [0.1, 0.15) is 17.7 Å². The Morgan fingerprint density at radius 2 is 2.14 bits per heavy atom. The highest BCUT2D eigenvalue weighted by atomic mass is 35.5. The highest BCUT2D eigenvalue weighted by Gasteiger charge is 2.31. The number of halogens is 4. The molecule has 0 amide bonds. The molecule has 1 aromatic heterocycles. The lowest BCUT2D eigenvalue weighted by molar-refractivity contribution is -0.142. The third-order valence-corrected chi connectivity index (χ3v) is 4.96. The number of hydrazone groups is 1. The number of hydrogen-bond acceptors (Lipinski definition) is 5. The molecule has 2 aromatic rings. The number of carboxylic acids is 1. The van der Waals surface area contributed by atoms with Gasteiger partial charge in [0.25, 0.3) is 0 Å². The van der Waals surface area contributed by atoms with Gasteiger partial charge in [0.2, 0.25) is 0 Å². The van der Waals surface area contributed by atoms with Gasteiger partial charge in [-0.25, -0.2) is 0 Å². The maximum Gasteiger partial charge on any atom is 0.416 e. The van der Waals surface area contributed by atoms with E-state index in [-0.39, 0.29) is 10.9 Å². The van der Waals surface area contributed by atoms with Gasteiger partial charge in [-0.05, 0) is 49.2 Å². The van der Waals surface area contributed by atoms with Crippen molar-refractivity contribution in [3.63, 3.8) is 0 Å². The molecular weight excluding hydrogens is 411 g/mol. The number of nitrogens with zero attached hydrogens (tertiary/aromatic N) is 1. The zero-order valence-corrected chi connectivity index (χ0v) is 15.9. The third kappa shape index (κ3) is 5.51. The second kappa shape index (κ2) is 8.87. The lowest BCUT2D eigenvalue weighted by atomic mass is 9.91. The van der Waals surface area contributed by atoms with E-state index in [9.17, 15) is 18.0 Å². The Morgan fingerprint density at radius 3 is 2.83 bits per heavy atom. The van der Waals surface area contributed by atoms with Crippen molar-refractivity contribution >= 4 is 23.8 Å². The molecule has 2 atom stereocenters. The van der Waals surface area contributed by atoms with Crippen molar-refractivity contribution in [3.8, 4) is 11.3 Å². The summed E-state index contributed by atoms with van der Waals surface area (Å²) in [6.07, 6.45) is -2.46. The fourth-order valence-electron chi connectivity index (χ4n) is 3.12. The number of nitrogens with one attached hydrogen (secondary N) is 2. The zero-order valence-electron chi connectivity index (χ0n) is 15.2. The molecular formula is C19H19ClF3N3O3. The van der Waals surface area contributed by atoms with Crippen LogP contribution < -0.4 is 10.7 Å². The molecule has 2 heterocycles. The molecule has 156 valence electrons. The predicted molar refractivity (Wildman–Crippen MR) is 102 cm³/mol. The van der Waals surface area contributed by atoms with Gasteiger partial charge >= 0.3 is 12.1 Å². The van der Waals surface area contributed by atoms with E-state index >= 15 is 0 Å². The van der Waals surface area contributed by atoms with E-state index in [0.717, 1.165) is 12.1 Å². The summed E-state index contributed by atoms with van der Waals surface area (Å²) in [6, 6.07) is 6.28. The molecule has 0 saturated carbocycles. The first-order valence-corrected chi connectivity index (χ1v) is 9.28. The summed E-state index contributed by atoms with van der Waals surface area (Å²) in [5.41, 5.74) is 2.39. The number of carbonyl (C=O) groups is 1. The molecule has 3 N–H and O–H groups in total. The topological polar surface area (TPSA) is 86.9 Å². The van der Waals surface area contributed by atoms with Gasteiger partial charge in [-0.3, -0.25) is 4.79 Å². The molecule has 1 aromatic carbocycles. The van der Waals surface area contributed by atoms with Gasteiger partial charge in [-0.15, -0.1) is 0 Å². The number of furan rings is 1. The Balaban J connectivity index is 1.57. The molecule has 0 unspecified atom stereocenters. The predicted octanol–water partition coefficient (Wildman–Crippen LogP) is 3.85. The number of alkyl halides is 3. The fraction of sp³-hybridized carbons (Fsp3) is 0.368. The highest BCUT2D eigenvalue weighted by Crippen LogP contribution is 2.36. The number of benzene rings is 1. The maximum atomic E-state index is 12.7. The van der Waals surface area contributed by atoms with E-state index in [2.05, 4.69) is 15.8 Å².